The molecule has 0 aromatic heterocycles. The Morgan fingerprint density at radius 1 is 1.16 bits per heavy atom. The summed E-state index contributed by atoms with van der Waals surface area (Å²) in [6, 6.07) is 9.85. The number of carbonyl (C=O) groups is 2. The van der Waals surface area contributed by atoms with Crippen molar-refractivity contribution in [3.8, 4) is 0 Å². The van der Waals surface area contributed by atoms with E-state index in [0.717, 1.165) is 62.5 Å². The first kappa shape index (κ1) is 28.1. The molecule has 4 unspecified atom stereocenters. The van der Waals surface area contributed by atoms with Gasteiger partial charge in [0.25, 0.3) is 0 Å². The van der Waals surface area contributed by atoms with Gasteiger partial charge in [-0.25, -0.2) is 0 Å². The van der Waals surface area contributed by atoms with Crippen LogP contribution in [-0.4, -0.2) is 23.0 Å². The number of ketones is 1. The van der Waals surface area contributed by atoms with E-state index in [-0.39, 0.29) is 29.3 Å². The van der Waals surface area contributed by atoms with Crippen LogP contribution >= 0.6 is 0 Å². The Balaban J connectivity index is 1.38. The quantitative estimate of drug-likeness (QED) is 0.324. The maximum atomic E-state index is 13.8. The SMILES string of the molecule is C/C=C1/C(=O)C2C(C)CCC([C@H](C)CCC(=O)OCc3ccccc3)CCCC2[C@@]2(C)CC[C@@H](O)C[C@@H]12. The van der Waals surface area contributed by atoms with Gasteiger partial charge < -0.3 is 9.84 Å². The van der Waals surface area contributed by atoms with E-state index in [0.29, 0.717) is 42.5 Å². The van der Waals surface area contributed by atoms with Crippen LogP contribution in [-0.2, 0) is 20.9 Å². The minimum absolute atomic E-state index is 0.0991. The highest BCUT2D eigenvalue weighted by Crippen LogP contribution is 2.59. The van der Waals surface area contributed by atoms with Crippen molar-refractivity contribution in [2.45, 2.75) is 105 Å². The Bertz CT molecular complexity index is 952. The van der Waals surface area contributed by atoms with Crippen molar-refractivity contribution in [1.29, 1.82) is 0 Å². The van der Waals surface area contributed by atoms with Crippen molar-refractivity contribution in [1.82, 2.24) is 0 Å². The molecule has 37 heavy (non-hydrogen) atoms. The molecule has 0 spiro atoms. The van der Waals surface area contributed by atoms with Crippen LogP contribution in [0.5, 0.6) is 0 Å². The molecule has 1 N–H and O–H groups in total. The zero-order chi connectivity index (χ0) is 26.6. The van der Waals surface area contributed by atoms with Crippen LogP contribution in [0.4, 0.5) is 0 Å². The summed E-state index contributed by atoms with van der Waals surface area (Å²) >= 11 is 0. The van der Waals surface area contributed by atoms with Crippen LogP contribution in [0.15, 0.2) is 42.0 Å². The van der Waals surface area contributed by atoms with E-state index in [1.165, 1.54) is 6.42 Å². The van der Waals surface area contributed by atoms with E-state index in [1.54, 1.807) is 0 Å². The maximum absolute atomic E-state index is 13.8. The van der Waals surface area contributed by atoms with Gasteiger partial charge in [0, 0.05) is 12.3 Å². The highest BCUT2D eigenvalue weighted by atomic mass is 16.5. The number of esters is 1. The second kappa shape index (κ2) is 12.3. The van der Waals surface area contributed by atoms with Crippen molar-refractivity contribution in [2.24, 2.45) is 40.9 Å². The summed E-state index contributed by atoms with van der Waals surface area (Å²) in [5.41, 5.74) is 2.11. The van der Waals surface area contributed by atoms with Crippen LogP contribution in [0.25, 0.3) is 0 Å². The first-order valence-corrected chi connectivity index (χ1v) is 14.8. The monoisotopic (exact) mass is 508 g/mol. The first-order valence-electron chi connectivity index (χ1n) is 14.8. The summed E-state index contributed by atoms with van der Waals surface area (Å²) in [6.07, 6.45) is 11.3. The van der Waals surface area contributed by atoms with Gasteiger partial charge in [0.15, 0.2) is 5.78 Å². The lowest BCUT2D eigenvalue weighted by Crippen LogP contribution is -2.54. The molecule has 4 heteroatoms. The summed E-state index contributed by atoms with van der Waals surface area (Å²) in [6.45, 7) is 9.38. The fraction of sp³-hybridized carbons (Fsp3) is 0.697. The van der Waals surface area contributed by atoms with Gasteiger partial charge in [-0.1, -0.05) is 70.0 Å². The minimum atomic E-state index is -0.282. The number of benzene rings is 1. The summed E-state index contributed by atoms with van der Waals surface area (Å²) in [5, 5.41) is 10.5. The molecule has 8 atom stereocenters. The molecule has 0 saturated heterocycles. The maximum Gasteiger partial charge on any atom is 0.306 e. The van der Waals surface area contributed by atoms with Crippen molar-refractivity contribution in [3.05, 3.63) is 47.5 Å². The fourth-order valence-corrected chi connectivity index (χ4v) is 8.06. The topological polar surface area (TPSA) is 63.6 Å². The number of allylic oxidation sites excluding steroid dienone is 2. The molecule has 1 aromatic carbocycles. The van der Waals surface area contributed by atoms with Crippen LogP contribution in [0, 0.1) is 40.9 Å². The highest BCUT2D eigenvalue weighted by molar-refractivity contribution is 5.99. The molecule has 3 saturated carbocycles. The van der Waals surface area contributed by atoms with Gasteiger partial charge in [0.05, 0.1) is 6.10 Å². The number of hydrogen-bond acceptors (Lipinski definition) is 4. The average Bonchev–Trinajstić information content (AvgIpc) is 2.98. The molecule has 204 valence electrons. The third-order valence-electron chi connectivity index (χ3n) is 10.4. The van der Waals surface area contributed by atoms with Gasteiger partial charge in [-0.3, -0.25) is 9.59 Å². The Hall–Kier alpha value is -1.94. The van der Waals surface area contributed by atoms with E-state index < -0.39 is 0 Å². The predicted octanol–water partition coefficient (Wildman–Crippen LogP) is 7.29. The summed E-state index contributed by atoms with van der Waals surface area (Å²) < 4.78 is 5.51. The molecule has 3 aliphatic carbocycles. The van der Waals surface area contributed by atoms with E-state index >= 15 is 0 Å². The molecule has 3 fully saturated rings. The zero-order valence-electron chi connectivity index (χ0n) is 23.5. The molecular weight excluding hydrogens is 460 g/mol. The van der Waals surface area contributed by atoms with Gasteiger partial charge in [-0.2, -0.15) is 0 Å². The number of aliphatic hydroxyl groups is 1. The second-order valence-corrected chi connectivity index (χ2v) is 12.6. The van der Waals surface area contributed by atoms with Crippen LogP contribution in [0.2, 0.25) is 0 Å². The lowest BCUT2D eigenvalue weighted by atomic mass is 9.48. The first-order chi connectivity index (χ1) is 17.7. The van der Waals surface area contributed by atoms with Crippen LogP contribution in [0.1, 0.15) is 97.5 Å². The normalized spacial score (nSPS) is 36.5. The Morgan fingerprint density at radius 2 is 1.92 bits per heavy atom. The number of hydrogen-bond donors (Lipinski definition) is 1. The van der Waals surface area contributed by atoms with Crippen molar-refractivity contribution >= 4 is 11.8 Å². The fourth-order valence-electron chi connectivity index (χ4n) is 8.06. The van der Waals surface area contributed by atoms with Gasteiger partial charge in [-0.05, 0) is 98.0 Å². The van der Waals surface area contributed by atoms with E-state index in [9.17, 15) is 14.7 Å². The predicted molar refractivity (Wildman–Crippen MR) is 148 cm³/mol. The van der Waals surface area contributed by atoms with Crippen molar-refractivity contribution in [2.75, 3.05) is 0 Å². The standard InChI is InChI=1S/C33H48O4/c1-5-27-29-20-26(34)18-19-33(29,4)28-13-9-12-25(16-14-23(3)31(28)32(27)36)22(2)15-17-30(35)37-21-24-10-7-6-8-11-24/h5-8,10-11,22-23,25-26,28-29,31,34H,9,12-21H2,1-4H3/b27-5+/t22-,23?,25?,26-,28?,29+,31?,33-/m1/s1. The molecule has 4 nitrogen and oxygen atoms in total. The smallest absolute Gasteiger partial charge is 0.306 e. The van der Waals surface area contributed by atoms with E-state index in [1.807, 2.05) is 37.3 Å². The largest absolute Gasteiger partial charge is 0.461 e. The van der Waals surface area contributed by atoms with Gasteiger partial charge in [0.1, 0.15) is 6.61 Å². The van der Waals surface area contributed by atoms with Crippen LogP contribution < -0.4 is 0 Å². The van der Waals surface area contributed by atoms with Crippen molar-refractivity contribution < 1.29 is 19.4 Å². The summed E-state index contributed by atoms with van der Waals surface area (Å²) in [4.78, 5) is 26.2. The third-order valence-corrected chi connectivity index (χ3v) is 10.4. The molecule has 0 aliphatic heterocycles. The molecule has 0 radical (unpaired) electrons. The van der Waals surface area contributed by atoms with E-state index in [4.69, 9.17) is 4.74 Å². The van der Waals surface area contributed by atoms with Gasteiger partial charge >= 0.3 is 5.97 Å². The molecule has 3 aliphatic rings. The number of aliphatic hydroxyl groups excluding tert-OH is 1. The lowest BCUT2D eigenvalue weighted by Gasteiger charge is -2.56. The molecule has 1 aromatic rings. The minimum Gasteiger partial charge on any atom is -0.461 e. The molecule has 0 bridgehead atoms. The number of ether oxygens (including phenoxy) is 1. The average molecular weight is 509 g/mol. The number of carbonyl (C=O) groups excluding carboxylic acids is 2. The molecular formula is C33H48O4. The molecule has 0 amide bonds. The lowest BCUT2D eigenvalue weighted by molar-refractivity contribution is -0.145. The molecule has 4 rings (SSSR count). The summed E-state index contributed by atoms with van der Waals surface area (Å²) in [5.74, 6) is 2.36. The number of Topliss-reactive ketones (excluding diaryl/α,β-unsaturated/α-hetero) is 1. The Morgan fingerprint density at radius 3 is 2.65 bits per heavy atom. The van der Waals surface area contributed by atoms with Gasteiger partial charge in [0.2, 0.25) is 0 Å². The second-order valence-electron chi connectivity index (χ2n) is 12.6. The zero-order valence-corrected chi connectivity index (χ0v) is 23.5. The van der Waals surface area contributed by atoms with Gasteiger partial charge in [-0.15, -0.1) is 0 Å². The Kier molecular flexibility index (Phi) is 9.32. The third kappa shape index (κ3) is 6.21. The van der Waals surface area contributed by atoms with Crippen LogP contribution in [0.3, 0.4) is 0 Å². The molecule has 0 heterocycles. The van der Waals surface area contributed by atoms with E-state index in [2.05, 4.69) is 26.8 Å². The Labute approximate surface area is 224 Å². The highest BCUT2D eigenvalue weighted by Gasteiger charge is 2.56. The summed E-state index contributed by atoms with van der Waals surface area (Å²) in [7, 11) is 0. The number of rotatable bonds is 6. The number of fused-ring (bicyclic) bond motifs is 3. The van der Waals surface area contributed by atoms with Crippen molar-refractivity contribution in [3.63, 3.8) is 0 Å².